The van der Waals surface area contributed by atoms with Gasteiger partial charge in [-0.3, -0.25) is 0 Å². The molecule has 1 N–H and O–H groups in total. The normalized spacial score (nSPS) is 26.2. The number of alkyl halides is 3. The summed E-state index contributed by atoms with van der Waals surface area (Å²) in [6.07, 6.45) is 2.09. The lowest BCUT2D eigenvalue weighted by Crippen LogP contribution is -2.49. The smallest absolute Gasteiger partial charge is 0.313 e. The van der Waals surface area contributed by atoms with Crippen LogP contribution in [0.3, 0.4) is 0 Å². The number of halogens is 3. The van der Waals surface area contributed by atoms with Crippen LogP contribution in [0.1, 0.15) is 51.9 Å². The Kier molecular flexibility index (Phi) is 7.15. The number of likely N-dealkylation sites (N-methyl/N-ethyl adjacent to an activating group) is 2. The molecular formula is C14H27F3N2. The van der Waals surface area contributed by atoms with Crippen LogP contribution in [0, 0.1) is 0 Å². The van der Waals surface area contributed by atoms with E-state index in [1.807, 2.05) is 11.9 Å². The van der Waals surface area contributed by atoms with Crippen molar-refractivity contribution < 1.29 is 13.2 Å². The van der Waals surface area contributed by atoms with E-state index in [-0.39, 0.29) is 12.6 Å². The van der Waals surface area contributed by atoms with E-state index in [1.165, 1.54) is 19.3 Å². The first kappa shape index (κ1) is 16.8. The fourth-order valence-electron chi connectivity index (χ4n) is 2.96. The average Bonchev–Trinajstić information content (AvgIpc) is 2.29. The van der Waals surface area contributed by atoms with Crippen molar-refractivity contribution in [1.29, 1.82) is 0 Å². The predicted molar refractivity (Wildman–Crippen MR) is 72.3 cm³/mol. The monoisotopic (exact) mass is 280 g/mol. The van der Waals surface area contributed by atoms with Crippen molar-refractivity contribution in [2.24, 2.45) is 0 Å². The SMILES string of the molecule is CCNC1CCCCCCC1N(C)CCC(F)(F)F. The average molecular weight is 280 g/mol. The second kappa shape index (κ2) is 8.10. The van der Waals surface area contributed by atoms with E-state index in [0.717, 1.165) is 25.8 Å². The van der Waals surface area contributed by atoms with Crippen molar-refractivity contribution in [3.8, 4) is 0 Å². The molecule has 0 aromatic rings. The molecule has 0 aromatic heterocycles. The maximum atomic E-state index is 12.3. The molecule has 1 saturated carbocycles. The van der Waals surface area contributed by atoms with Crippen molar-refractivity contribution in [1.82, 2.24) is 10.2 Å². The molecule has 114 valence electrons. The number of nitrogens with one attached hydrogen (secondary N) is 1. The standard InChI is InChI=1S/C14H27F3N2/c1-3-18-12-8-6-4-5-7-9-13(12)19(2)11-10-14(15,16)17/h12-13,18H,3-11H2,1-2H3. The number of hydrogen-bond donors (Lipinski definition) is 1. The summed E-state index contributed by atoms with van der Waals surface area (Å²) in [5.41, 5.74) is 0. The van der Waals surface area contributed by atoms with Gasteiger partial charge in [-0.25, -0.2) is 0 Å². The van der Waals surface area contributed by atoms with Crippen molar-refractivity contribution in [3.63, 3.8) is 0 Å². The highest BCUT2D eigenvalue weighted by Crippen LogP contribution is 2.24. The summed E-state index contributed by atoms with van der Waals surface area (Å²) in [5.74, 6) is 0. The lowest BCUT2D eigenvalue weighted by Gasteiger charge is -2.37. The van der Waals surface area contributed by atoms with Crippen LogP contribution in [0.2, 0.25) is 0 Å². The number of rotatable bonds is 5. The lowest BCUT2D eigenvalue weighted by molar-refractivity contribution is -0.138. The van der Waals surface area contributed by atoms with E-state index < -0.39 is 12.6 Å². The van der Waals surface area contributed by atoms with Crippen LogP contribution in [0.4, 0.5) is 13.2 Å². The van der Waals surface area contributed by atoms with E-state index in [1.54, 1.807) is 0 Å². The molecule has 19 heavy (non-hydrogen) atoms. The molecule has 0 heterocycles. The molecule has 5 heteroatoms. The Morgan fingerprint density at radius 2 is 1.74 bits per heavy atom. The Hall–Kier alpha value is -0.290. The van der Waals surface area contributed by atoms with Crippen molar-refractivity contribution in [2.75, 3.05) is 20.1 Å². The Balaban J connectivity index is 2.55. The Labute approximate surface area is 114 Å². The van der Waals surface area contributed by atoms with Crippen LogP contribution in [0.5, 0.6) is 0 Å². The van der Waals surface area contributed by atoms with Crippen molar-refractivity contribution in [2.45, 2.75) is 70.1 Å². The molecular weight excluding hydrogens is 253 g/mol. The molecule has 0 amide bonds. The van der Waals surface area contributed by atoms with Crippen LogP contribution in [-0.4, -0.2) is 43.3 Å². The Morgan fingerprint density at radius 3 is 2.32 bits per heavy atom. The quantitative estimate of drug-likeness (QED) is 0.828. The zero-order chi connectivity index (χ0) is 14.3. The van der Waals surface area contributed by atoms with Crippen molar-refractivity contribution in [3.05, 3.63) is 0 Å². The first-order chi connectivity index (χ1) is 8.94. The highest BCUT2D eigenvalue weighted by molar-refractivity contribution is 4.85. The minimum absolute atomic E-state index is 0.107. The molecule has 2 atom stereocenters. The lowest BCUT2D eigenvalue weighted by atomic mass is 9.91. The maximum absolute atomic E-state index is 12.3. The summed E-state index contributed by atoms with van der Waals surface area (Å²) < 4.78 is 37.0. The topological polar surface area (TPSA) is 15.3 Å². The molecule has 0 radical (unpaired) electrons. The van der Waals surface area contributed by atoms with Gasteiger partial charge in [-0.2, -0.15) is 13.2 Å². The van der Waals surface area contributed by atoms with Gasteiger partial charge in [-0.05, 0) is 26.4 Å². The molecule has 2 nitrogen and oxygen atoms in total. The van der Waals surface area contributed by atoms with Gasteiger partial charge in [-0.15, -0.1) is 0 Å². The zero-order valence-corrected chi connectivity index (χ0v) is 12.1. The van der Waals surface area contributed by atoms with Gasteiger partial charge in [-0.1, -0.05) is 32.6 Å². The van der Waals surface area contributed by atoms with Gasteiger partial charge in [0.05, 0.1) is 6.42 Å². The molecule has 1 aliphatic rings. The zero-order valence-electron chi connectivity index (χ0n) is 12.1. The molecule has 1 rings (SSSR count). The summed E-state index contributed by atoms with van der Waals surface area (Å²) in [7, 11) is 1.84. The van der Waals surface area contributed by atoms with E-state index in [4.69, 9.17) is 0 Å². The van der Waals surface area contributed by atoms with Crippen LogP contribution in [0.25, 0.3) is 0 Å². The largest absolute Gasteiger partial charge is 0.390 e. The highest BCUT2D eigenvalue weighted by atomic mass is 19.4. The third kappa shape index (κ3) is 6.61. The van der Waals surface area contributed by atoms with Gasteiger partial charge in [0.2, 0.25) is 0 Å². The number of hydrogen-bond acceptors (Lipinski definition) is 2. The maximum Gasteiger partial charge on any atom is 0.390 e. The molecule has 1 aliphatic carbocycles. The minimum Gasteiger partial charge on any atom is -0.313 e. The predicted octanol–water partition coefficient (Wildman–Crippen LogP) is 3.57. The Morgan fingerprint density at radius 1 is 1.11 bits per heavy atom. The van der Waals surface area contributed by atoms with Crippen LogP contribution in [-0.2, 0) is 0 Å². The van der Waals surface area contributed by atoms with E-state index in [0.29, 0.717) is 6.04 Å². The molecule has 0 bridgehead atoms. The highest BCUT2D eigenvalue weighted by Gasteiger charge is 2.31. The van der Waals surface area contributed by atoms with Crippen LogP contribution in [0.15, 0.2) is 0 Å². The van der Waals surface area contributed by atoms with Crippen molar-refractivity contribution >= 4 is 0 Å². The summed E-state index contributed by atoms with van der Waals surface area (Å²) >= 11 is 0. The third-order valence-electron chi connectivity index (χ3n) is 4.01. The first-order valence-electron chi connectivity index (χ1n) is 7.44. The van der Waals surface area contributed by atoms with E-state index in [9.17, 15) is 13.2 Å². The number of nitrogens with zero attached hydrogens (tertiary/aromatic N) is 1. The van der Waals surface area contributed by atoms with E-state index >= 15 is 0 Å². The van der Waals surface area contributed by atoms with E-state index in [2.05, 4.69) is 12.2 Å². The summed E-state index contributed by atoms with van der Waals surface area (Å²) in [6, 6.07) is 0.575. The third-order valence-corrected chi connectivity index (χ3v) is 4.01. The fraction of sp³-hybridized carbons (Fsp3) is 1.00. The van der Waals surface area contributed by atoms with Crippen LogP contribution >= 0.6 is 0 Å². The molecule has 1 fully saturated rings. The molecule has 0 aromatic carbocycles. The first-order valence-corrected chi connectivity index (χ1v) is 7.44. The second-order valence-electron chi connectivity index (χ2n) is 5.57. The molecule has 0 aliphatic heterocycles. The minimum atomic E-state index is -4.05. The molecule has 0 spiro atoms. The van der Waals surface area contributed by atoms with Crippen LogP contribution < -0.4 is 5.32 Å². The summed E-state index contributed by atoms with van der Waals surface area (Å²) in [4.78, 5) is 1.91. The van der Waals surface area contributed by atoms with Gasteiger partial charge in [0.1, 0.15) is 0 Å². The fourth-order valence-corrected chi connectivity index (χ4v) is 2.96. The second-order valence-corrected chi connectivity index (χ2v) is 5.57. The summed E-state index contributed by atoms with van der Waals surface area (Å²) in [6.45, 7) is 3.05. The van der Waals surface area contributed by atoms with Gasteiger partial charge >= 0.3 is 6.18 Å². The Bertz CT molecular complexity index is 243. The molecule has 0 saturated heterocycles. The van der Waals surface area contributed by atoms with Gasteiger partial charge in [0.25, 0.3) is 0 Å². The molecule has 2 unspecified atom stereocenters. The summed E-state index contributed by atoms with van der Waals surface area (Å²) in [5, 5.41) is 3.46. The van der Waals surface area contributed by atoms with Gasteiger partial charge < -0.3 is 10.2 Å². The van der Waals surface area contributed by atoms with Gasteiger partial charge in [0, 0.05) is 18.6 Å². The van der Waals surface area contributed by atoms with Gasteiger partial charge in [0.15, 0.2) is 0 Å².